The monoisotopic (exact) mass is 276 g/mol. The van der Waals surface area contributed by atoms with E-state index in [4.69, 9.17) is 0 Å². The molecule has 0 aliphatic heterocycles. The number of allylic oxidation sites excluding steroid dienone is 4. The molecule has 116 valence electrons. The Labute approximate surface area is 127 Å². The highest BCUT2D eigenvalue weighted by molar-refractivity contribution is 5.27. The van der Waals surface area contributed by atoms with Crippen molar-refractivity contribution in [3.63, 3.8) is 0 Å². The normalized spacial score (nSPS) is 25.8. The second kappa shape index (κ2) is 7.48. The third-order valence-electron chi connectivity index (χ3n) is 4.94. The topological polar surface area (TPSA) is 0 Å². The average Bonchev–Trinajstić information content (AvgIpc) is 2.26. The fourth-order valence-electron chi connectivity index (χ4n) is 3.82. The third-order valence-corrected chi connectivity index (χ3v) is 4.94. The largest absolute Gasteiger partial charge is 0.0679 e. The standard InChI is InChI=1S/C20H36/c1-13(2)17-9-10-19(15(5)6)20(16(7)8)12-11-18(17)14(3)4/h13-16H,9-12H2,1-8H3/b18-17-,20-19-. The molecule has 1 aliphatic carbocycles. The fraction of sp³-hybridized carbons (Fsp3) is 0.800. The van der Waals surface area contributed by atoms with Crippen LogP contribution in [0.5, 0.6) is 0 Å². The Bertz CT molecular complexity index is 301. The molecule has 0 aromatic carbocycles. The highest BCUT2D eigenvalue weighted by Gasteiger charge is 2.21. The Kier molecular flexibility index (Phi) is 6.55. The minimum Gasteiger partial charge on any atom is -0.0679 e. The van der Waals surface area contributed by atoms with Crippen LogP contribution in [0.3, 0.4) is 0 Å². The molecular formula is C20H36. The van der Waals surface area contributed by atoms with Gasteiger partial charge in [0.05, 0.1) is 0 Å². The molecule has 0 saturated heterocycles. The molecule has 0 fully saturated rings. The van der Waals surface area contributed by atoms with Crippen LogP contribution in [-0.2, 0) is 0 Å². The second-order valence-corrected chi connectivity index (χ2v) is 7.72. The SMILES string of the molecule is CC(C)/C1=C(\C(C)C)CC/C(C(C)C)=C(/C(C)C)CC1. The Balaban J connectivity index is 3.14. The maximum absolute atomic E-state index is 2.38. The number of hydrogen-bond donors (Lipinski definition) is 0. The summed E-state index contributed by atoms with van der Waals surface area (Å²) in [5.41, 5.74) is 7.00. The van der Waals surface area contributed by atoms with E-state index in [1.165, 1.54) is 25.7 Å². The van der Waals surface area contributed by atoms with Crippen molar-refractivity contribution >= 4 is 0 Å². The summed E-state index contributed by atoms with van der Waals surface area (Å²) in [5.74, 6) is 2.84. The second-order valence-electron chi connectivity index (χ2n) is 7.72. The average molecular weight is 277 g/mol. The van der Waals surface area contributed by atoms with E-state index >= 15 is 0 Å². The van der Waals surface area contributed by atoms with E-state index in [-0.39, 0.29) is 0 Å². The summed E-state index contributed by atoms with van der Waals surface area (Å²) in [4.78, 5) is 0. The molecule has 0 spiro atoms. The summed E-state index contributed by atoms with van der Waals surface area (Å²) in [6.45, 7) is 19.0. The van der Waals surface area contributed by atoms with Gasteiger partial charge in [-0.05, 0) is 49.4 Å². The molecule has 0 unspecified atom stereocenters. The van der Waals surface area contributed by atoms with Crippen LogP contribution >= 0.6 is 0 Å². The molecule has 0 saturated carbocycles. The van der Waals surface area contributed by atoms with Crippen LogP contribution in [0.25, 0.3) is 0 Å². The van der Waals surface area contributed by atoms with Gasteiger partial charge in [0.2, 0.25) is 0 Å². The van der Waals surface area contributed by atoms with Crippen LogP contribution in [0.1, 0.15) is 81.1 Å². The van der Waals surface area contributed by atoms with Gasteiger partial charge in [-0.1, -0.05) is 77.7 Å². The van der Waals surface area contributed by atoms with Gasteiger partial charge in [-0.15, -0.1) is 0 Å². The molecule has 0 N–H and O–H groups in total. The summed E-state index contributed by atoms with van der Waals surface area (Å²) in [5, 5.41) is 0. The predicted molar refractivity (Wildman–Crippen MR) is 91.9 cm³/mol. The minimum atomic E-state index is 0.710. The van der Waals surface area contributed by atoms with Crippen molar-refractivity contribution in [2.45, 2.75) is 81.1 Å². The Morgan fingerprint density at radius 3 is 0.650 bits per heavy atom. The first-order chi connectivity index (χ1) is 9.25. The van der Waals surface area contributed by atoms with E-state index < -0.39 is 0 Å². The highest BCUT2D eigenvalue weighted by Crippen LogP contribution is 2.38. The molecular weight excluding hydrogens is 240 g/mol. The molecule has 0 nitrogen and oxygen atoms in total. The van der Waals surface area contributed by atoms with Crippen molar-refractivity contribution in [2.24, 2.45) is 23.7 Å². The maximum atomic E-state index is 2.38. The van der Waals surface area contributed by atoms with Gasteiger partial charge >= 0.3 is 0 Å². The highest BCUT2D eigenvalue weighted by atomic mass is 14.3. The lowest BCUT2D eigenvalue weighted by Gasteiger charge is -2.29. The Morgan fingerprint density at radius 2 is 0.550 bits per heavy atom. The van der Waals surface area contributed by atoms with Crippen LogP contribution in [0, 0.1) is 23.7 Å². The van der Waals surface area contributed by atoms with E-state index in [9.17, 15) is 0 Å². The zero-order valence-corrected chi connectivity index (χ0v) is 15.1. The van der Waals surface area contributed by atoms with E-state index in [0.29, 0.717) is 23.7 Å². The van der Waals surface area contributed by atoms with Crippen molar-refractivity contribution < 1.29 is 0 Å². The van der Waals surface area contributed by atoms with E-state index in [1.54, 1.807) is 22.3 Å². The lowest BCUT2D eigenvalue weighted by Crippen LogP contribution is -2.13. The van der Waals surface area contributed by atoms with Crippen molar-refractivity contribution in [2.75, 3.05) is 0 Å². The third kappa shape index (κ3) is 4.24. The van der Waals surface area contributed by atoms with Gasteiger partial charge in [0, 0.05) is 0 Å². The van der Waals surface area contributed by atoms with Gasteiger partial charge in [0.1, 0.15) is 0 Å². The first kappa shape index (κ1) is 17.5. The zero-order valence-electron chi connectivity index (χ0n) is 15.1. The molecule has 20 heavy (non-hydrogen) atoms. The summed E-state index contributed by atoms with van der Waals surface area (Å²) < 4.78 is 0. The molecule has 0 atom stereocenters. The van der Waals surface area contributed by atoms with E-state index in [1.807, 2.05) is 0 Å². The van der Waals surface area contributed by atoms with Gasteiger partial charge in [-0.2, -0.15) is 0 Å². The summed E-state index contributed by atoms with van der Waals surface area (Å²) in [7, 11) is 0. The molecule has 0 amide bonds. The lowest BCUT2D eigenvalue weighted by atomic mass is 9.77. The lowest BCUT2D eigenvalue weighted by molar-refractivity contribution is 0.561. The van der Waals surface area contributed by atoms with Gasteiger partial charge in [0.25, 0.3) is 0 Å². The molecule has 0 heteroatoms. The zero-order chi connectivity index (χ0) is 15.4. The summed E-state index contributed by atoms with van der Waals surface area (Å²) in [6.07, 6.45) is 5.15. The van der Waals surface area contributed by atoms with Crippen LogP contribution in [0.15, 0.2) is 22.3 Å². The van der Waals surface area contributed by atoms with E-state index in [0.717, 1.165) is 0 Å². The summed E-state index contributed by atoms with van der Waals surface area (Å²) in [6, 6.07) is 0. The molecule has 1 rings (SSSR count). The molecule has 0 heterocycles. The molecule has 0 aromatic rings. The van der Waals surface area contributed by atoms with Gasteiger partial charge in [0.15, 0.2) is 0 Å². The number of hydrogen-bond acceptors (Lipinski definition) is 0. The molecule has 0 aromatic heterocycles. The minimum absolute atomic E-state index is 0.710. The molecule has 1 aliphatic rings. The first-order valence-electron chi connectivity index (χ1n) is 8.69. The van der Waals surface area contributed by atoms with E-state index in [2.05, 4.69) is 55.4 Å². The van der Waals surface area contributed by atoms with Gasteiger partial charge in [-0.25, -0.2) is 0 Å². The number of rotatable bonds is 4. The molecule has 0 bridgehead atoms. The molecule has 0 radical (unpaired) electrons. The van der Waals surface area contributed by atoms with Crippen LogP contribution in [0.4, 0.5) is 0 Å². The predicted octanol–water partition coefficient (Wildman–Crippen LogP) is 6.78. The van der Waals surface area contributed by atoms with Crippen molar-refractivity contribution in [1.29, 1.82) is 0 Å². The summed E-state index contributed by atoms with van der Waals surface area (Å²) >= 11 is 0. The first-order valence-corrected chi connectivity index (χ1v) is 8.69. The quantitative estimate of drug-likeness (QED) is 0.496. The smallest absolute Gasteiger partial charge is 0.0257 e. The fourth-order valence-corrected chi connectivity index (χ4v) is 3.82. The van der Waals surface area contributed by atoms with Crippen LogP contribution < -0.4 is 0 Å². The Morgan fingerprint density at radius 1 is 0.400 bits per heavy atom. The maximum Gasteiger partial charge on any atom is -0.0257 e. The van der Waals surface area contributed by atoms with Crippen molar-refractivity contribution in [1.82, 2.24) is 0 Å². The van der Waals surface area contributed by atoms with Crippen molar-refractivity contribution in [3.05, 3.63) is 22.3 Å². The van der Waals surface area contributed by atoms with Crippen LogP contribution in [-0.4, -0.2) is 0 Å². The van der Waals surface area contributed by atoms with Gasteiger partial charge < -0.3 is 0 Å². The Hall–Kier alpha value is -0.520. The van der Waals surface area contributed by atoms with Crippen LogP contribution in [0.2, 0.25) is 0 Å². The van der Waals surface area contributed by atoms with Gasteiger partial charge in [-0.3, -0.25) is 0 Å². The van der Waals surface area contributed by atoms with Crippen molar-refractivity contribution in [3.8, 4) is 0 Å².